The Hall–Kier alpha value is -3.15. The highest BCUT2D eigenvalue weighted by Crippen LogP contribution is 2.36. The molecule has 4 rings (SSSR count). The van der Waals surface area contributed by atoms with Crippen molar-refractivity contribution in [2.75, 3.05) is 30.4 Å². The molecule has 1 heterocycles. The molecule has 2 aromatic carbocycles. The molecule has 33 heavy (non-hydrogen) atoms. The Labute approximate surface area is 196 Å². The van der Waals surface area contributed by atoms with Crippen molar-refractivity contribution in [2.45, 2.75) is 46.0 Å². The van der Waals surface area contributed by atoms with Gasteiger partial charge in [-0.2, -0.15) is 0 Å². The normalized spacial score (nSPS) is 19.7. The second-order valence-corrected chi connectivity index (χ2v) is 9.36. The first-order chi connectivity index (χ1) is 15.9. The summed E-state index contributed by atoms with van der Waals surface area (Å²) in [6.07, 6.45) is 4.14. The molecule has 2 aromatic rings. The van der Waals surface area contributed by atoms with Crippen LogP contribution in [0.25, 0.3) is 0 Å². The second-order valence-electron chi connectivity index (χ2n) is 9.36. The summed E-state index contributed by atoms with van der Waals surface area (Å²) < 4.78 is 0. The predicted octanol–water partition coefficient (Wildman–Crippen LogP) is 4.10. The van der Waals surface area contributed by atoms with Crippen LogP contribution >= 0.6 is 0 Å². The molecule has 2 unspecified atom stereocenters. The molecular weight excluding hydrogens is 414 g/mol. The van der Waals surface area contributed by atoms with E-state index < -0.39 is 0 Å². The van der Waals surface area contributed by atoms with Crippen LogP contribution in [0, 0.1) is 25.7 Å². The number of carbonyl (C=O) groups is 3. The third-order valence-electron chi connectivity index (χ3n) is 7.19. The molecule has 0 saturated heterocycles. The fraction of sp³-hybridized carbons (Fsp3) is 0.444. The number of para-hydroxylation sites is 1. The van der Waals surface area contributed by atoms with Crippen molar-refractivity contribution < 1.29 is 14.4 Å². The summed E-state index contributed by atoms with van der Waals surface area (Å²) in [5.41, 5.74) is 5.04. The van der Waals surface area contributed by atoms with Gasteiger partial charge in [0.25, 0.3) is 0 Å². The molecule has 0 aromatic heterocycles. The van der Waals surface area contributed by atoms with E-state index in [2.05, 4.69) is 11.4 Å². The maximum atomic E-state index is 13.5. The molecule has 1 saturated carbocycles. The first-order valence-electron chi connectivity index (χ1n) is 11.9. The topological polar surface area (TPSA) is 69.7 Å². The van der Waals surface area contributed by atoms with Gasteiger partial charge < -0.3 is 15.1 Å². The Morgan fingerprint density at radius 1 is 1.00 bits per heavy atom. The van der Waals surface area contributed by atoms with E-state index in [4.69, 9.17) is 0 Å². The Balaban J connectivity index is 1.43. The van der Waals surface area contributed by atoms with Crippen molar-refractivity contribution >= 4 is 29.1 Å². The number of hydrogen-bond donors (Lipinski definition) is 1. The molecule has 0 radical (unpaired) electrons. The minimum Gasteiger partial charge on any atom is -0.336 e. The van der Waals surface area contributed by atoms with Crippen LogP contribution in [0.2, 0.25) is 0 Å². The van der Waals surface area contributed by atoms with Crippen LogP contribution in [0.4, 0.5) is 11.4 Å². The Morgan fingerprint density at radius 2 is 1.73 bits per heavy atom. The zero-order valence-corrected chi connectivity index (χ0v) is 19.8. The van der Waals surface area contributed by atoms with Gasteiger partial charge in [0.15, 0.2) is 0 Å². The van der Waals surface area contributed by atoms with E-state index >= 15 is 0 Å². The lowest BCUT2D eigenvalue weighted by Gasteiger charge is -2.34. The van der Waals surface area contributed by atoms with E-state index in [9.17, 15) is 14.4 Å². The van der Waals surface area contributed by atoms with Gasteiger partial charge in [-0.3, -0.25) is 14.4 Å². The van der Waals surface area contributed by atoms with Crippen LogP contribution < -0.4 is 10.2 Å². The molecular formula is C27H33N3O3. The molecule has 174 valence electrons. The quantitative estimate of drug-likeness (QED) is 0.750. The van der Waals surface area contributed by atoms with Crippen LogP contribution in [0.1, 0.15) is 42.4 Å². The molecule has 1 aliphatic carbocycles. The van der Waals surface area contributed by atoms with Gasteiger partial charge in [-0.25, -0.2) is 0 Å². The van der Waals surface area contributed by atoms with E-state index in [1.165, 1.54) is 10.5 Å². The molecule has 1 N–H and O–H groups in total. The SMILES string of the molecule is Cc1cccc(NC(=O)CN(C)C(=O)C2CCCCC2C(=O)N2CCc3ccccc32)c1C. The summed E-state index contributed by atoms with van der Waals surface area (Å²) in [7, 11) is 1.66. The van der Waals surface area contributed by atoms with Crippen molar-refractivity contribution in [1.29, 1.82) is 0 Å². The van der Waals surface area contributed by atoms with Crippen LogP contribution in [0.15, 0.2) is 42.5 Å². The van der Waals surface area contributed by atoms with E-state index in [0.29, 0.717) is 13.0 Å². The van der Waals surface area contributed by atoms with E-state index in [1.54, 1.807) is 7.05 Å². The van der Waals surface area contributed by atoms with Crippen molar-refractivity contribution in [3.63, 3.8) is 0 Å². The first-order valence-corrected chi connectivity index (χ1v) is 11.9. The van der Waals surface area contributed by atoms with Crippen LogP contribution in [-0.2, 0) is 20.8 Å². The smallest absolute Gasteiger partial charge is 0.243 e. The summed E-state index contributed by atoms with van der Waals surface area (Å²) in [6, 6.07) is 13.8. The zero-order chi connectivity index (χ0) is 23.5. The van der Waals surface area contributed by atoms with E-state index in [1.807, 2.05) is 55.1 Å². The maximum absolute atomic E-state index is 13.5. The van der Waals surface area contributed by atoms with E-state index in [-0.39, 0.29) is 36.1 Å². The van der Waals surface area contributed by atoms with Crippen LogP contribution in [0.3, 0.4) is 0 Å². The Morgan fingerprint density at radius 3 is 2.52 bits per heavy atom. The largest absolute Gasteiger partial charge is 0.336 e. The average Bonchev–Trinajstić information content (AvgIpc) is 3.25. The summed E-state index contributed by atoms with van der Waals surface area (Å²) in [5, 5.41) is 2.92. The molecule has 1 aliphatic heterocycles. The third-order valence-corrected chi connectivity index (χ3v) is 7.19. The first kappa shape index (κ1) is 23.0. The monoisotopic (exact) mass is 447 g/mol. The average molecular weight is 448 g/mol. The summed E-state index contributed by atoms with van der Waals surface area (Å²) in [4.78, 5) is 42.9. The molecule has 3 amide bonds. The minimum atomic E-state index is -0.377. The fourth-order valence-electron chi connectivity index (χ4n) is 5.14. The molecule has 2 atom stereocenters. The molecule has 1 fully saturated rings. The number of aryl methyl sites for hydroxylation is 1. The Bertz CT molecular complexity index is 1060. The second kappa shape index (κ2) is 9.77. The number of benzene rings is 2. The van der Waals surface area contributed by atoms with Gasteiger partial charge in [0.2, 0.25) is 17.7 Å². The van der Waals surface area contributed by atoms with E-state index in [0.717, 1.165) is 48.2 Å². The van der Waals surface area contributed by atoms with Crippen molar-refractivity contribution in [1.82, 2.24) is 4.90 Å². The molecule has 0 bridgehead atoms. The number of hydrogen-bond acceptors (Lipinski definition) is 3. The number of amides is 3. The number of nitrogens with zero attached hydrogens (tertiary/aromatic N) is 2. The predicted molar refractivity (Wildman–Crippen MR) is 130 cm³/mol. The summed E-state index contributed by atoms with van der Waals surface area (Å²) in [5.74, 6) is -1.01. The van der Waals surface area contributed by atoms with Gasteiger partial charge in [-0.1, -0.05) is 43.2 Å². The number of fused-ring (bicyclic) bond motifs is 1. The van der Waals surface area contributed by atoms with Gasteiger partial charge in [0, 0.05) is 30.9 Å². The van der Waals surface area contributed by atoms with Gasteiger partial charge in [0.05, 0.1) is 12.5 Å². The Kier molecular flexibility index (Phi) is 6.82. The summed E-state index contributed by atoms with van der Waals surface area (Å²) >= 11 is 0. The van der Waals surface area contributed by atoms with Crippen LogP contribution in [0.5, 0.6) is 0 Å². The standard InChI is InChI=1S/C27H33N3O3/c1-18-9-8-13-23(19(18)2)28-25(31)17-29(3)26(32)21-11-5-6-12-22(21)27(33)30-16-15-20-10-4-7-14-24(20)30/h4,7-10,13-14,21-22H,5-6,11-12,15-17H2,1-3H3,(H,28,31). The number of anilines is 2. The molecule has 2 aliphatic rings. The highest BCUT2D eigenvalue weighted by molar-refractivity contribution is 6.00. The lowest BCUT2D eigenvalue weighted by molar-refractivity contribution is -0.143. The lowest BCUT2D eigenvalue weighted by atomic mass is 9.77. The van der Waals surface area contributed by atoms with Gasteiger partial charge in [-0.05, 0) is 61.9 Å². The molecule has 0 spiro atoms. The van der Waals surface area contributed by atoms with Crippen molar-refractivity contribution in [3.8, 4) is 0 Å². The number of rotatable bonds is 5. The van der Waals surface area contributed by atoms with Gasteiger partial charge in [-0.15, -0.1) is 0 Å². The molecule has 6 heteroatoms. The van der Waals surface area contributed by atoms with Crippen molar-refractivity contribution in [3.05, 3.63) is 59.2 Å². The lowest BCUT2D eigenvalue weighted by Crippen LogP contribution is -2.47. The van der Waals surface area contributed by atoms with Crippen molar-refractivity contribution in [2.24, 2.45) is 11.8 Å². The molecule has 6 nitrogen and oxygen atoms in total. The highest BCUT2D eigenvalue weighted by atomic mass is 16.2. The maximum Gasteiger partial charge on any atom is 0.243 e. The number of likely N-dealkylation sites (N-methyl/N-ethyl adjacent to an activating group) is 1. The summed E-state index contributed by atoms with van der Waals surface area (Å²) in [6.45, 7) is 4.61. The van der Waals surface area contributed by atoms with Gasteiger partial charge >= 0.3 is 0 Å². The minimum absolute atomic E-state index is 0.0316. The van der Waals surface area contributed by atoms with Gasteiger partial charge in [0.1, 0.15) is 0 Å². The highest BCUT2D eigenvalue weighted by Gasteiger charge is 2.40. The third kappa shape index (κ3) is 4.80. The fourth-order valence-corrected chi connectivity index (χ4v) is 5.14. The number of carbonyl (C=O) groups excluding carboxylic acids is 3. The zero-order valence-electron chi connectivity index (χ0n) is 19.8. The number of nitrogens with one attached hydrogen (secondary N) is 1. The van der Waals surface area contributed by atoms with Crippen LogP contribution in [-0.4, -0.2) is 42.8 Å².